The van der Waals surface area contributed by atoms with E-state index in [1.165, 1.54) is 22.6 Å². The highest BCUT2D eigenvalue weighted by Gasteiger charge is 2.34. The number of anilines is 2. The van der Waals surface area contributed by atoms with Crippen LogP contribution in [0.5, 0.6) is 0 Å². The number of aromatic nitrogens is 1. The molecule has 1 aromatic heterocycles. The molecule has 1 fully saturated rings. The van der Waals surface area contributed by atoms with Gasteiger partial charge in [-0.15, -0.1) is 0 Å². The van der Waals surface area contributed by atoms with Crippen molar-refractivity contribution >= 4 is 21.5 Å². The van der Waals surface area contributed by atoms with E-state index in [9.17, 15) is 21.6 Å². The number of nitrogens with zero attached hydrogens (tertiary/aromatic N) is 3. The fraction of sp³-hybridized carbons (Fsp3) is 0.450. The fourth-order valence-electron chi connectivity index (χ4n) is 3.25. The van der Waals surface area contributed by atoms with Gasteiger partial charge >= 0.3 is 0 Å². The molecule has 0 unspecified atom stereocenters. The normalized spacial score (nSPS) is 16.6. The first-order valence-corrected chi connectivity index (χ1v) is 11.1. The van der Waals surface area contributed by atoms with Crippen molar-refractivity contribution in [3.05, 3.63) is 54.0 Å². The molecule has 0 radical (unpaired) electrons. The highest BCUT2D eigenvalue weighted by atomic mass is 32.2. The van der Waals surface area contributed by atoms with Gasteiger partial charge in [-0.05, 0) is 36.2 Å². The van der Waals surface area contributed by atoms with E-state index in [1.807, 2.05) is 0 Å². The number of alkyl halides is 2. The Bertz CT molecular complexity index is 909. The van der Waals surface area contributed by atoms with Crippen molar-refractivity contribution in [1.82, 2.24) is 4.98 Å². The van der Waals surface area contributed by atoms with Crippen LogP contribution in [-0.2, 0) is 16.6 Å². The number of halogens is 3. The van der Waals surface area contributed by atoms with E-state index in [0.717, 1.165) is 0 Å². The molecule has 1 aliphatic rings. The topological polar surface area (TPSA) is 53.5 Å². The summed E-state index contributed by atoms with van der Waals surface area (Å²) >= 11 is 0. The fourth-order valence-corrected chi connectivity index (χ4v) is 4.76. The summed E-state index contributed by atoms with van der Waals surface area (Å²) in [5, 5.41) is 0. The third-order valence-electron chi connectivity index (χ3n) is 4.88. The third-order valence-corrected chi connectivity index (χ3v) is 6.81. The van der Waals surface area contributed by atoms with Gasteiger partial charge in [-0.25, -0.2) is 26.6 Å². The summed E-state index contributed by atoms with van der Waals surface area (Å²) < 4.78 is 66.7. The molecule has 9 heteroatoms. The molecule has 0 saturated carbocycles. The number of sulfonamides is 1. The maximum Gasteiger partial charge on any atom is 0.251 e. The predicted octanol–water partition coefficient (Wildman–Crippen LogP) is 4.20. The Kier molecular flexibility index (Phi) is 6.36. The van der Waals surface area contributed by atoms with Gasteiger partial charge in [-0.1, -0.05) is 19.1 Å². The highest BCUT2D eigenvalue weighted by Crippen LogP contribution is 2.30. The lowest BCUT2D eigenvalue weighted by molar-refractivity contribution is -0.0221. The SMILES string of the molecule is CCCS(=O)(=O)N(Cc1ccc(F)cc1)c1ccc(N2CCC(F)(F)CC2)nc1. The van der Waals surface area contributed by atoms with Crippen molar-refractivity contribution in [2.45, 2.75) is 38.7 Å². The molecular formula is C20H24F3N3O2S. The predicted molar refractivity (Wildman–Crippen MR) is 107 cm³/mol. The molecule has 0 aliphatic carbocycles. The minimum absolute atomic E-state index is 0.0306. The number of piperidine rings is 1. The summed E-state index contributed by atoms with van der Waals surface area (Å²) in [4.78, 5) is 6.09. The van der Waals surface area contributed by atoms with E-state index in [2.05, 4.69) is 4.98 Å². The zero-order valence-electron chi connectivity index (χ0n) is 16.2. The van der Waals surface area contributed by atoms with Gasteiger partial charge < -0.3 is 4.90 Å². The summed E-state index contributed by atoms with van der Waals surface area (Å²) in [6.45, 7) is 2.24. The van der Waals surface area contributed by atoms with Gasteiger partial charge in [-0.2, -0.15) is 0 Å². The van der Waals surface area contributed by atoms with Crippen LogP contribution >= 0.6 is 0 Å². The molecule has 1 aliphatic heterocycles. The smallest absolute Gasteiger partial charge is 0.251 e. The molecule has 0 bridgehead atoms. The van der Waals surface area contributed by atoms with E-state index in [-0.39, 0.29) is 38.2 Å². The van der Waals surface area contributed by atoms with Crippen LogP contribution in [0.25, 0.3) is 0 Å². The van der Waals surface area contributed by atoms with Crippen LogP contribution in [0, 0.1) is 5.82 Å². The van der Waals surface area contributed by atoms with Crippen LogP contribution in [0.15, 0.2) is 42.6 Å². The second-order valence-corrected chi connectivity index (χ2v) is 9.18. The Morgan fingerprint density at radius 1 is 1.10 bits per heavy atom. The Morgan fingerprint density at radius 2 is 1.76 bits per heavy atom. The van der Waals surface area contributed by atoms with Gasteiger partial charge in [0.2, 0.25) is 10.0 Å². The van der Waals surface area contributed by atoms with E-state index in [4.69, 9.17) is 0 Å². The van der Waals surface area contributed by atoms with E-state index in [1.54, 1.807) is 36.1 Å². The van der Waals surface area contributed by atoms with Gasteiger partial charge in [0.25, 0.3) is 5.92 Å². The van der Waals surface area contributed by atoms with Gasteiger partial charge in [0.1, 0.15) is 11.6 Å². The summed E-state index contributed by atoms with van der Waals surface area (Å²) in [5.74, 6) is -2.53. The molecule has 0 spiro atoms. The maximum atomic E-state index is 13.4. The summed E-state index contributed by atoms with van der Waals surface area (Å²) in [7, 11) is -3.60. The molecule has 0 amide bonds. The monoisotopic (exact) mass is 427 g/mol. The Labute approximate surface area is 169 Å². The number of hydrogen-bond donors (Lipinski definition) is 0. The minimum Gasteiger partial charge on any atom is -0.356 e. The summed E-state index contributed by atoms with van der Waals surface area (Å²) in [6.07, 6.45) is 1.45. The molecule has 0 N–H and O–H groups in total. The standard InChI is InChI=1S/C20H24F3N3O2S/c1-2-13-29(27,28)26(15-16-3-5-17(21)6-4-16)18-7-8-19(24-14-18)25-11-9-20(22,23)10-12-25/h3-8,14H,2,9-13,15H2,1H3. The quantitative estimate of drug-likeness (QED) is 0.665. The number of rotatable bonds is 7. The van der Waals surface area contributed by atoms with Gasteiger partial charge in [0, 0.05) is 25.9 Å². The minimum atomic E-state index is -3.60. The second-order valence-electron chi connectivity index (χ2n) is 7.17. The zero-order chi connectivity index (χ0) is 21.1. The summed E-state index contributed by atoms with van der Waals surface area (Å²) in [6, 6.07) is 8.93. The Morgan fingerprint density at radius 3 is 2.31 bits per heavy atom. The van der Waals surface area contributed by atoms with Crippen molar-refractivity contribution in [3.63, 3.8) is 0 Å². The van der Waals surface area contributed by atoms with Gasteiger partial charge in [0.15, 0.2) is 0 Å². The Balaban J connectivity index is 1.83. The van der Waals surface area contributed by atoms with Crippen molar-refractivity contribution < 1.29 is 21.6 Å². The van der Waals surface area contributed by atoms with Crippen molar-refractivity contribution in [2.24, 2.45) is 0 Å². The Hall–Kier alpha value is -2.29. The van der Waals surface area contributed by atoms with Gasteiger partial charge in [-0.3, -0.25) is 4.31 Å². The molecule has 2 heterocycles. The largest absolute Gasteiger partial charge is 0.356 e. The lowest BCUT2D eigenvalue weighted by Gasteiger charge is -2.32. The lowest BCUT2D eigenvalue weighted by atomic mass is 10.1. The van der Waals surface area contributed by atoms with Crippen molar-refractivity contribution in [2.75, 3.05) is 28.0 Å². The van der Waals surface area contributed by atoms with E-state index < -0.39 is 21.8 Å². The van der Waals surface area contributed by atoms with Crippen molar-refractivity contribution in [3.8, 4) is 0 Å². The maximum absolute atomic E-state index is 13.4. The molecule has 0 atom stereocenters. The molecule has 29 heavy (non-hydrogen) atoms. The molecule has 1 aromatic carbocycles. The molecule has 3 rings (SSSR count). The number of hydrogen-bond acceptors (Lipinski definition) is 4. The molecule has 2 aromatic rings. The van der Waals surface area contributed by atoms with Crippen LogP contribution in [-0.4, -0.2) is 38.2 Å². The second kappa shape index (κ2) is 8.61. The van der Waals surface area contributed by atoms with E-state index in [0.29, 0.717) is 23.5 Å². The number of benzene rings is 1. The lowest BCUT2D eigenvalue weighted by Crippen LogP contribution is -2.39. The third kappa shape index (κ3) is 5.41. The van der Waals surface area contributed by atoms with Gasteiger partial charge in [0.05, 0.1) is 24.2 Å². The molecule has 1 saturated heterocycles. The van der Waals surface area contributed by atoms with Crippen LogP contribution < -0.4 is 9.21 Å². The zero-order valence-corrected chi connectivity index (χ0v) is 17.0. The molecular weight excluding hydrogens is 403 g/mol. The average molecular weight is 427 g/mol. The first kappa shape index (κ1) is 21.4. The average Bonchev–Trinajstić information content (AvgIpc) is 2.68. The molecule has 158 valence electrons. The highest BCUT2D eigenvalue weighted by molar-refractivity contribution is 7.92. The van der Waals surface area contributed by atoms with E-state index >= 15 is 0 Å². The van der Waals surface area contributed by atoms with Crippen LogP contribution in [0.1, 0.15) is 31.7 Å². The van der Waals surface area contributed by atoms with Crippen LogP contribution in [0.3, 0.4) is 0 Å². The first-order chi connectivity index (χ1) is 13.7. The number of pyridine rings is 1. The molecule has 5 nitrogen and oxygen atoms in total. The van der Waals surface area contributed by atoms with Crippen LogP contribution in [0.2, 0.25) is 0 Å². The first-order valence-electron chi connectivity index (χ1n) is 9.54. The van der Waals surface area contributed by atoms with Crippen LogP contribution in [0.4, 0.5) is 24.7 Å². The summed E-state index contributed by atoms with van der Waals surface area (Å²) in [5.41, 5.74) is 1.03. The van der Waals surface area contributed by atoms with Crippen molar-refractivity contribution in [1.29, 1.82) is 0 Å².